The minimum Gasteiger partial charge on any atom is -0.256 e. The van der Waals surface area contributed by atoms with Crippen LogP contribution in [0.2, 0.25) is 0 Å². The summed E-state index contributed by atoms with van der Waals surface area (Å²) in [5.74, 6) is 0. The molecule has 0 atom stereocenters. The van der Waals surface area contributed by atoms with E-state index in [1.807, 2.05) is 12.3 Å². The number of pyridine rings is 1. The molecule has 0 radical (unpaired) electrons. The van der Waals surface area contributed by atoms with E-state index < -0.39 is 0 Å². The van der Waals surface area contributed by atoms with E-state index in [0.29, 0.717) is 0 Å². The number of rotatable bonds is 1. The highest BCUT2D eigenvalue weighted by Crippen LogP contribution is 2.32. The molecule has 5 aromatic carbocycles. The second-order valence-corrected chi connectivity index (χ2v) is 7.29. The maximum absolute atomic E-state index is 4.50. The van der Waals surface area contributed by atoms with Gasteiger partial charge in [0.1, 0.15) is 0 Å². The summed E-state index contributed by atoms with van der Waals surface area (Å²) >= 11 is 0. The van der Waals surface area contributed by atoms with Crippen molar-refractivity contribution >= 4 is 43.2 Å². The number of benzene rings is 5. The number of aromatic nitrogens is 1. The van der Waals surface area contributed by atoms with E-state index in [-0.39, 0.29) is 0 Å². The Hall–Kier alpha value is -3.71. The summed E-state index contributed by atoms with van der Waals surface area (Å²) in [6.07, 6.45) is 1.85. The molecule has 0 unspecified atom stereocenters. The lowest BCUT2D eigenvalue weighted by atomic mass is 9.95. The lowest BCUT2D eigenvalue weighted by Crippen LogP contribution is -1.84. The summed E-state index contributed by atoms with van der Waals surface area (Å²) in [4.78, 5) is 4.50. The normalized spacial score (nSPS) is 11.6. The Bertz CT molecular complexity index is 1510. The summed E-state index contributed by atoms with van der Waals surface area (Å²) in [5, 5.41) is 8.87. The molecule has 0 fully saturated rings. The number of nitrogens with zero attached hydrogens (tertiary/aromatic N) is 1. The zero-order chi connectivity index (χ0) is 18.5. The van der Waals surface area contributed by atoms with Gasteiger partial charge in [0.15, 0.2) is 0 Å². The van der Waals surface area contributed by atoms with Crippen LogP contribution in [-0.4, -0.2) is 4.98 Å². The van der Waals surface area contributed by atoms with Crippen molar-refractivity contribution in [2.24, 2.45) is 0 Å². The summed E-state index contributed by atoms with van der Waals surface area (Å²) in [6.45, 7) is 0. The van der Waals surface area contributed by atoms with E-state index in [2.05, 4.69) is 96.0 Å². The Morgan fingerprint density at radius 1 is 0.429 bits per heavy atom. The highest BCUT2D eigenvalue weighted by atomic mass is 14.6. The topological polar surface area (TPSA) is 12.9 Å². The van der Waals surface area contributed by atoms with E-state index >= 15 is 0 Å². The Labute approximate surface area is 162 Å². The van der Waals surface area contributed by atoms with Crippen LogP contribution in [0.15, 0.2) is 103 Å². The fourth-order valence-corrected chi connectivity index (χ4v) is 4.25. The predicted octanol–water partition coefficient (Wildman–Crippen LogP) is 7.36. The summed E-state index contributed by atoms with van der Waals surface area (Å²) < 4.78 is 0. The van der Waals surface area contributed by atoms with Gasteiger partial charge < -0.3 is 0 Å². The molecule has 28 heavy (non-hydrogen) atoms. The van der Waals surface area contributed by atoms with Crippen LogP contribution in [0.3, 0.4) is 0 Å². The Morgan fingerprint density at radius 2 is 1.11 bits per heavy atom. The predicted molar refractivity (Wildman–Crippen MR) is 120 cm³/mol. The maximum atomic E-state index is 4.50. The van der Waals surface area contributed by atoms with Crippen LogP contribution in [-0.2, 0) is 0 Å². The fourth-order valence-electron chi connectivity index (χ4n) is 4.25. The molecule has 1 nitrogen and oxygen atoms in total. The Morgan fingerprint density at radius 3 is 2.11 bits per heavy atom. The molecule has 0 spiro atoms. The molecule has 0 aliphatic rings. The first kappa shape index (κ1) is 15.4. The van der Waals surface area contributed by atoms with Crippen molar-refractivity contribution < 1.29 is 0 Å². The SMILES string of the molecule is c1ccc2c(c1)ccc1cc(-c3ccc4ccc5ncccc5c4c3)ccc12. The molecule has 0 aliphatic heterocycles. The van der Waals surface area contributed by atoms with Gasteiger partial charge in [-0.05, 0) is 67.7 Å². The van der Waals surface area contributed by atoms with E-state index in [0.717, 1.165) is 5.52 Å². The summed E-state index contributed by atoms with van der Waals surface area (Å²) in [7, 11) is 0. The molecule has 6 rings (SSSR count). The average molecular weight is 355 g/mol. The van der Waals surface area contributed by atoms with Crippen molar-refractivity contribution in [3.63, 3.8) is 0 Å². The fraction of sp³-hybridized carbons (Fsp3) is 0. The third-order valence-corrected chi connectivity index (χ3v) is 5.68. The van der Waals surface area contributed by atoms with Gasteiger partial charge in [-0.3, -0.25) is 4.98 Å². The van der Waals surface area contributed by atoms with Crippen LogP contribution in [0.5, 0.6) is 0 Å². The van der Waals surface area contributed by atoms with Gasteiger partial charge in [-0.2, -0.15) is 0 Å². The molecule has 0 saturated heterocycles. The lowest BCUT2D eigenvalue weighted by Gasteiger charge is -2.09. The maximum Gasteiger partial charge on any atom is 0.0708 e. The van der Waals surface area contributed by atoms with Crippen molar-refractivity contribution in [1.82, 2.24) is 4.98 Å². The van der Waals surface area contributed by atoms with Crippen LogP contribution in [0.1, 0.15) is 0 Å². The molecule has 6 aromatic rings. The third-order valence-electron chi connectivity index (χ3n) is 5.68. The van der Waals surface area contributed by atoms with Gasteiger partial charge in [-0.25, -0.2) is 0 Å². The first-order valence-corrected chi connectivity index (χ1v) is 9.56. The molecular weight excluding hydrogens is 338 g/mol. The van der Waals surface area contributed by atoms with Crippen LogP contribution in [0, 0.1) is 0 Å². The zero-order valence-electron chi connectivity index (χ0n) is 15.3. The van der Waals surface area contributed by atoms with Gasteiger partial charge in [0, 0.05) is 11.6 Å². The van der Waals surface area contributed by atoms with Crippen molar-refractivity contribution in [3.05, 3.63) is 103 Å². The van der Waals surface area contributed by atoms with E-state index in [1.165, 1.54) is 48.8 Å². The van der Waals surface area contributed by atoms with Crippen LogP contribution in [0.25, 0.3) is 54.3 Å². The third kappa shape index (κ3) is 2.30. The summed E-state index contributed by atoms with van der Waals surface area (Å²) in [6, 6.07) is 34.9. The molecule has 0 aliphatic carbocycles. The lowest BCUT2D eigenvalue weighted by molar-refractivity contribution is 1.42. The first-order chi connectivity index (χ1) is 13.9. The smallest absolute Gasteiger partial charge is 0.0708 e. The van der Waals surface area contributed by atoms with Crippen LogP contribution < -0.4 is 0 Å². The standard InChI is InChI=1S/C27H17N/c1-2-5-23-18(4-1)8-10-22-16-20(11-13-24(22)23)21-9-7-19-12-14-27-25(26(19)17-21)6-3-15-28-27/h1-17H. The first-order valence-electron chi connectivity index (χ1n) is 9.56. The number of hydrogen-bond donors (Lipinski definition) is 0. The molecule has 130 valence electrons. The van der Waals surface area contributed by atoms with Gasteiger partial charge in [0.2, 0.25) is 0 Å². The van der Waals surface area contributed by atoms with E-state index in [1.54, 1.807) is 0 Å². The van der Waals surface area contributed by atoms with Gasteiger partial charge in [0.05, 0.1) is 5.52 Å². The van der Waals surface area contributed by atoms with Gasteiger partial charge in [0.25, 0.3) is 0 Å². The molecule has 1 heteroatoms. The van der Waals surface area contributed by atoms with Gasteiger partial charge in [-0.15, -0.1) is 0 Å². The molecule has 0 N–H and O–H groups in total. The van der Waals surface area contributed by atoms with Crippen molar-refractivity contribution in [2.75, 3.05) is 0 Å². The molecular formula is C27H17N. The van der Waals surface area contributed by atoms with Crippen molar-refractivity contribution in [2.45, 2.75) is 0 Å². The molecule has 0 bridgehead atoms. The second-order valence-electron chi connectivity index (χ2n) is 7.29. The van der Waals surface area contributed by atoms with Gasteiger partial charge >= 0.3 is 0 Å². The monoisotopic (exact) mass is 355 g/mol. The Balaban J connectivity index is 1.59. The zero-order valence-corrected chi connectivity index (χ0v) is 15.3. The highest BCUT2D eigenvalue weighted by molar-refractivity contribution is 6.10. The Kier molecular flexibility index (Phi) is 3.24. The second kappa shape index (κ2) is 5.90. The van der Waals surface area contributed by atoms with E-state index in [4.69, 9.17) is 0 Å². The van der Waals surface area contributed by atoms with Crippen LogP contribution in [0.4, 0.5) is 0 Å². The largest absolute Gasteiger partial charge is 0.256 e. The molecule has 0 saturated carbocycles. The molecule has 1 heterocycles. The van der Waals surface area contributed by atoms with Crippen molar-refractivity contribution in [1.29, 1.82) is 0 Å². The van der Waals surface area contributed by atoms with E-state index in [9.17, 15) is 0 Å². The summed E-state index contributed by atoms with van der Waals surface area (Å²) in [5.41, 5.74) is 3.52. The van der Waals surface area contributed by atoms with Crippen molar-refractivity contribution in [3.8, 4) is 11.1 Å². The minimum atomic E-state index is 1.04. The highest BCUT2D eigenvalue weighted by Gasteiger charge is 2.06. The number of hydrogen-bond acceptors (Lipinski definition) is 1. The number of fused-ring (bicyclic) bond motifs is 6. The van der Waals surface area contributed by atoms with Crippen LogP contribution >= 0.6 is 0 Å². The molecule has 1 aromatic heterocycles. The average Bonchev–Trinajstić information content (AvgIpc) is 2.78. The minimum absolute atomic E-state index is 1.04. The molecule has 0 amide bonds. The quantitative estimate of drug-likeness (QED) is 0.281. The van der Waals surface area contributed by atoms with Gasteiger partial charge in [-0.1, -0.05) is 72.8 Å².